The third kappa shape index (κ3) is 3.92. The van der Waals surface area contributed by atoms with Gasteiger partial charge in [-0.1, -0.05) is 30.3 Å². The van der Waals surface area contributed by atoms with Crippen LogP contribution in [-0.4, -0.2) is 37.5 Å². The molecule has 0 radical (unpaired) electrons. The Balaban J connectivity index is 2.14. The van der Waals surface area contributed by atoms with Crippen LogP contribution in [0.3, 0.4) is 0 Å². The molecule has 3 rings (SSSR count). The first-order chi connectivity index (χ1) is 12.4. The van der Waals surface area contributed by atoms with Crippen molar-refractivity contribution in [1.29, 1.82) is 0 Å². The van der Waals surface area contributed by atoms with E-state index in [4.69, 9.17) is 4.74 Å². The van der Waals surface area contributed by atoms with Crippen LogP contribution in [-0.2, 0) is 10.0 Å². The maximum atomic E-state index is 12.5. The zero-order valence-electron chi connectivity index (χ0n) is 14.2. The van der Waals surface area contributed by atoms with E-state index < -0.39 is 15.9 Å². The number of benzene rings is 2. The highest BCUT2D eigenvalue weighted by Crippen LogP contribution is 2.27. The van der Waals surface area contributed by atoms with E-state index in [9.17, 15) is 13.2 Å². The fourth-order valence-corrected chi connectivity index (χ4v) is 2.91. The number of hydrogen-bond acceptors (Lipinski definition) is 5. The van der Waals surface area contributed by atoms with Gasteiger partial charge in [-0.25, -0.2) is 17.8 Å². The van der Waals surface area contributed by atoms with Crippen molar-refractivity contribution in [1.82, 2.24) is 14.5 Å². The van der Waals surface area contributed by atoms with E-state index in [1.54, 1.807) is 31.4 Å². The lowest BCUT2D eigenvalue weighted by molar-refractivity contribution is 0.0982. The van der Waals surface area contributed by atoms with Gasteiger partial charge in [-0.3, -0.25) is 4.79 Å². The Labute approximate surface area is 151 Å². The number of hydrogen-bond donors (Lipinski definition) is 1. The second-order valence-electron chi connectivity index (χ2n) is 5.61. The van der Waals surface area contributed by atoms with Crippen LogP contribution in [0.4, 0.5) is 0 Å². The second-order valence-corrected chi connectivity index (χ2v) is 7.36. The van der Waals surface area contributed by atoms with Gasteiger partial charge in [0.25, 0.3) is 5.91 Å². The molecule has 8 heteroatoms. The standard InChI is InChI=1S/C18H17N3O4S/c1-25-15-10-6-7-13(11-15)17-16(18(22)20-26(2,23)24)12-21(19-17)14-8-4-3-5-9-14/h3-12H,1-2H3,(H,20,22). The Morgan fingerprint density at radius 1 is 1.12 bits per heavy atom. The van der Waals surface area contributed by atoms with E-state index in [2.05, 4.69) is 5.10 Å². The fraction of sp³-hybridized carbons (Fsp3) is 0.111. The maximum absolute atomic E-state index is 12.5. The minimum Gasteiger partial charge on any atom is -0.497 e. The molecule has 26 heavy (non-hydrogen) atoms. The van der Waals surface area contributed by atoms with Crippen LogP contribution in [0.1, 0.15) is 10.4 Å². The number of nitrogens with one attached hydrogen (secondary N) is 1. The van der Waals surface area contributed by atoms with E-state index in [-0.39, 0.29) is 5.56 Å². The third-order valence-electron chi connectivity index (χ3n) is 3.60. The van der Waals surface area contributed by atoms with Gasteiger partial charge in [0.1, 0.15) is 11.4 Å². The summed E-state index contributed by atoms with van der Waals surface area (Å²) in [5.41, 5.74) is 1.88. The predicted octanol–water partition coefficient (Wildman–Crippen LogP) is 2.24. The molecule has 0 aliphatic rings. The summed E-state index contributed by atoms with van der Waals surface area (Å²) < 4.78 is 31.7. The molecule has 0 aliphatic heterocycles. The van der Waals surface area contributed by atoms with E-state index in [1.807, 2.05) is 35.1 Å². The van der Waals surface area contributed by atoms with Crippen molar-refractivity contribution < 1.29 is 17.9 Å². The first-order valence-electron chi connectivity index (χ1n) is 7.69. The normalized spacial score (nSPS) is 11.2. The third-order valence-corrected chi connectivity index (χ3v) is 4.16. The number of aromatic nitrogens is 2. The largest absolute Gasteiger partial charge is 0.497 e. The topological polar surface area (TPSA) is 90.3 Å². The number of para-hydroxylation sites is 1. The Hall–Kier alpha value is -3.13. The van der Waals surface area contributed by atoms with Gasteiger partial charge in [0.15, 0.2) is 0 Å². The van der Waals surface area contributed by atoms with Gasteiger partial charge in [0.05, 0.1) is 24.6 Å². The number of methoxy groups -OCH3 is 1. The van der Waals surface area contributed by atoms with Gasteiger partial charge < -0.3 is 4.74 Å². The SMILES string of the molecule is COc1cccc(-c2nn(-c3ccccc3)cc2C(=O)NS(C)(=O)=O)c1. The van der Waals surface area contributed by atoms with E-state index in [1.165, 1.54) is 10.9 Å². The van der Waals surface area contributed by atoms with Gasteiger partial charge in [0.2, 0.25) is 10.0 Å². The number of carbonyl (C=O) groups excluding carboxylic acids is 1. The molecule has 3 aromatic rings. The van der Waals surface area contributed by atoms with E-state index >= 15 is 0 Å². The Bertz CT molecular complexity index is 1040. The Morgan fingerprint density at radius 2 is 1.85 bits per heavy atom. The number of ether oxygens (including phenoxy) is 1. The molecule has 0 bridgehead atoms. The van der Waals surface area contributed by atoms with Crippen molar-refractivity contribution in [3.05, 3.63) is 66.4 Å². The van der Waals surface area contributed by atoms with Gasteiger partial charge in [-0.05, 0) is 24.3 Å². The Kier molecular flexibility index (Phi) is 4.77. The zero-order chi connectivity index (χ0) is 18.7. The van der Waals surface area contributed by atoms with Crippen molar-refractivity contribution in [2.45, 2.75) is 0 Å². The molecule has 1 aromatic heterocycles. The highest BCUT2D eigenvalue weighted by Gasteiger charge is 2.21. The van der Waals surface area contributed by atoms with Gasteiger partial charge in [0, 0.05) is 11.8 Å². The van der Waals surface area contributed by atoms with Crippen LogP contribution in [0.5, 0.6) is 5.75 Å². The van der Waals surface area contributed by atoms with Crippen molar-refractivity contribution in [2.75, 3.05) is 13.4 Å². The van der Waals surface area contributed by atoms with Crippen molar-refractivity contribution in [3.8, 4) is 22.7 Å². The molecule has 0 atom stereocenters. The minimum absolute atomic E-state index is 0.146. The lowest BCUT2D eigenvalue weighted by Gasteiger charge is -2.05. The molecule has 0 unspecified atom stereocenters. The molecular formula is C18H17N3O4S. The lowest BCUT2D eigenvalue weighted by atomic mass is 10.1. The quantitative estimate of drug-likeness (QED) is 0.743. The molecule has 2 aromatic carbocycles. The van der Waals surface area contributed by atoms with E-state index in [0.717, 1.165) is 11.9 Å². The summed E-state index contributed by atoms with van der Waals surface area (Å²) in [6, 6.07) is 16.3. The van der Waals surface area contributed by atoms with Crippen LogP contribution in [0, 0.1) is 0 Å². The van der Waals surface area contributed by atoms with Crippen LogP contribution in [0.2, 0.25) is 0 Å². The Morgan fingerprint density at radius 3 is 2.50 bits per heavy atom. The van der Waals surface area contributed by atoms with Gasteiger partial charge in [-0.15, -0.1) is 0 Å². The summed E-state index contributed by atoms with van der Waals surface area (Å²) in [6.07, 6.45) is 2.43. The van der Waals surface area contributed by atoms with Crippen molar-refractivity contribution in [3.63, 3.8) is 0 Å². The molecule has 7 nitrogen and oxygen atoms in total. The van der Waals surface area contributed by atoms with Gasteiger partial charge in [-0.2, -0.15) is 5.10 Å². The predicted molar refractivity (Wildman–Crippen MR) is 97.9 cm³/mol. The summed E-state index contributed by atoms with van der Waals surface area (Å²) in [6.45, 7) is 0. The fourth-order valence-electron chi connectivity index (χ4n) is 2.46. The second kappa shape index (κ2) is 7.01. The number of nitrogens with zero attached hydrogens (tertiary/aromatic N) is 2. The van der Waals surface area contributed by atoms with Crippen LogP contribution in [0.25, 0.3) is 16.9 Å². The molecule has 1 amide bonds. The first-order valence-corrected chi connectivity index (χ1v) is 9.58. The maximum Gasteiger partial charge on any atom is 0.268 e. The molecule has 0 saturated carbocycles. The molecule has 1 N–H and O–H groups in total. The average molecular weight is 371 g/mol. The molecule has 0 saturated heterocycles. The van der Waals surface area contributed by atoms with Crippen LogP contribution in [0.15, 0.2) is 60.8 Å². The van der Waals surface area contributed by atoms with Crippen molar-refractivity contribution in [2.24, 2.45) is 0 Å². The molecule has 1 heterocycles. The number of carbonyl (C=O) groups is 1. The zero-order valence-corrected chi connectivity index (χ0v) is 15.0. The molecule has 0 fully saturated rings. The van der Waals surface area contributed by atoms with E-state index in [0.29, 0.717) is 17.0 Å². The van der Waals surface area contributed by atoms with Crippen molar-refractivity contribution >= 4 is 15.9 Å². The highest BCUT2D eigenvalue weighted by molar-refractivity contribution is 7.89. The summed E-state index contributed by atoms with van der Waals surface area (Å²) in [5, 5.41) is 4.48. The lowest BCUT2D eigenvalue weighted by Crippen LogP contribution is -2.29. The molecule has 134 valence electrons. The van der Waals surface area contributed by atoms with Gasteiger partial charge >= 0.3 is 0 Å². The summed E-state index contributed by atoms with van der Waals surface area (Å²) in [5.74, 6) is -0.140. The highest BCUT2D eigenvalue weighted by atomic mass is 32.2. The molecule has 0 aliphatic carbocycles. The smallest absolute Gasteiger partial charge is 0.268 e. The first kappa shape index (κ1) is 17.7. The number of amides is 1. The number of rotatable bonds is 5. The monoisotopic (exact) mass is 371 g/mol. The minimum atomic E-state index is -3.70. The summed E-state index contributed by atoms with van der Waals surface area (Å²) in [7, 11) is -2.16. The number of sulfonamides is 1. The summed E-state index contributed by atoms with van der Waals surface area (Å²) >= 11 is 0. The summed E-state index contributed by atoms with van der Waals surface area (Å²) in [4.78, 5) is 12.5. The molecule has 0 spiro atoms. The average Bonchev–Trinajstić information content (AvgIpc) is 3.07. The molecular weight excluding hydrogens is 354 g/mol. The van der Waals surface area contributed by atoms with Crippen LogP contribution < -0.4 is 9.46 Å². The van der Waals surface area contributed by atoms with Crippen LogP contribution >= 0.6 is 0 Å².